The normalized spacial score (nSPS) is 10.3. The van der Waals surface area contributed by atoms with E-state index in [0.29, 0.717) is 18.5 Å². The number of carbonyl (C=O) groups is 1. The molecule has 0 aliphatic rings. The first-order chi connectivity index (χ1) is 9.12. The van der Waals surface area contributed by atoms with Crippen LogP contribution in [0, 0.1) is 11.3 Å². The second kappa shape index (κ2) is 7.55. The molecule has 0 fully saturated rings. The minimum absolute atomic E-state index is 0.0453. The standard InChI is InChI=1S/C15H20N2O2/c1-4-17(9-5-8-16)11-14-10-13(12(2)18)6-7-15(14)19-3/h6-7,10H,4-5,9,11H2,1-3H3. The van der Waals surface area contributed by atoms with E-state index in [1.807, 2.05) is 12.1 Å². The maximum absolute atomic E-state index is 11.4. The number of hydrogen-bond acceptors (Lipinski definition) is 4. The third kappa shape index (κ3) is 4.38. The number of rotatable bonds is 7. The Morgan fingerprint density at radius 2 is 2.21 bits per heavy atom. The number of benzene rings is 1. The summed E-state index contributed by atoms with van der Waals surface area (Å²) in [5.41, 5.74) is 1.67. The van der Waals surface area contributed by atoms with Crippen LogP contribution in [0.3, 0.4) is 0 Å². The summed E-state index contributed by atoms with van der Waals surface area (Å²) in [6, 6.07) is 7.62. The highest BCUT2D eigenvalue weighted by molar-refractivity contribution is 5.94. The lowest BCUT2D eigenvalue weighted by molar-refractivity contribution is 0.101. The Labute approximate surface area is 114 Å². The first-order valence-electron chi connectivity index (χ1n) is 6.39. The zero-order valence-electron chi connectivity index (χ0n) is 11.8. The highest BCUT2D eigenvalue weighted by Crippen LogP contribution is 2.22. The Bertz CT molecular complexity index is 478. The molecule has 0 saturated carbocycles. The second-order valence-electron chi connectivity index (χ2n) is 4.36. The van der Waals surface area contributed by atoms with E-state index >= 15 is 0 Å². The Hall–Kier alpha value is -1.86. The summed E-state index contributed by atoms with van der Waals surface area (Å²) in [6.45, 7) is 5.87. The highest BCUT2D eigenvalue weighted by atomic mass is 16.5. The van der Waals surface area contributed by atoms with Gasteiger partial charge in [0.25, 0.3) is 0 Å². The molecular weight excluding hydrogens is 240 g/mol. The molecule has 0 saturated heterocycles. The van der Waals surface area contributed by atoms with Gasteiger partial charge in [-0.05, 0) is 31.7 Å². The van der Waals surface area contributed by atoms with Gasteiger partial charge in [-0.25, -0.2) is 0 Å². The third-order valence-electron chi connectivity index (χ3n) is 3.07. The van der Waals surface area contributed by atoms with Crippen molar-refractivity contribution < 1.29 is 9.53 Å². The third-order valence-corrected chi connectivity index (χ3v) is 3.07. The molecule has 1 aromatic rings. The van der Waals surface area contributed by atoms with Crippen LogP contribution in [0.2, 0.25) is 0 Å². The molecule has 4 nitrogen and oxygen atoms in total. The van der Waals surface area contributed by atoms with Crippen LogP contribution in [0.15, 0.2) is 18.2 Å². The van der Waals surface area contributed by atoms with Crippen LogP contribution in [0.1, 0.15) is 36.2 Å². The summed E-state index contributed by atoms with van der Waals surface area (Å²) in [4.78, 5) is 13.6. The smallest absolute Gasteiger partial charge is 0.159 e. The molecule has 1 aromatic carbocycles. The highest BCUT2D eigenvalue weighted by Gasteiger charge is 2.10. The molecular formula is C15H20N2O2. The first kappa shape index (κ1) is 15.2. The van der Waals surface area contributed by atoms with Crippen LogP contribution in [0.4, 0.5) is 0 Å². The van der Waals surface area contributed by atoms with Gasteiger partial charge in [0.05, 0.1) is 13.2 Å². The van der Waals surface area contributed by atoms with Gasteiger partial charge in [0.1, 0.15) is 5.75 Å². The summed E-state index contributed by atoms with van der Waals surface area (Å²) in [7, 11) is 1.62. The molecule has 0 radical (unpaired) electrons. The fraction of sp³-hybridized carbons (Fsp3) is 0.467. The van der Waals surface area contributed by atoms with Gasteiger partial charge in [-0.2, -0.15) is 5.26 Å². The number of ether oxygens (including phenoxy) is 1. The Kier molecular flexibility index (Phi) is 6.04. The summed E-state index contributed by atoms with van der Waals surface area (Å²) >= 11 is 0. The van der Waals surface area contributed by atoms with Crippen molar-refractivity contribution in [2.24, 2.45) is 0 Å². The van der Waals surface area contributed by atoms with Gasteiger partial charge in [0.2, 0.25) is 0 Å². The molecule has 0 aromatic heterocycles. The van der Waals surface area contributed by atoms with Crippen molar-refractivity contribution >= 4 is 5.78 Å². The molecule has 0 amide bonds. The molecule has 102 valence electrons. The van der Waals surface area contributed by atoms with E-state index in [1.165, 1.54) is 0 Å². The van der Waals surface area contributed by atoms with Gasteiger partial charge in [-0.15, -0.1) is 0 Å². The lowest BCUT2D eigenvalue weighted by atomic mass is 10.1. The van der Waals surface area contributed by atoms with Gasteiger partial charge in [0.15, 0.2) is 5.78 Å². The van der Waals surface area contributed by atoms with Crippen molar-refractivity contribution in [2.75, 3.05) is 20.2 Å². The van der Waals surface area contributed by atoms with E-state index in [-0.39, 0.29) is 5.78 Å². The zero-order chi connectivity index (χ0) is 14.3. The van der Waals surface area contributed by atoms with Crippen molar-refractivity contribution in [2.45, 2.75) is 26.8 Å². The van der Waals surface area contributed by atoms with Crippen LogP contribution in [0.25, 0.3) is 0 Å². The summed E-state index contributed by atoms with van der Waals surface area (Å²) in [5, 5.41) is 8.65. The predicted octanol–water partition coefficient (Wildman–Crippen LogP) is 2.63. The maximum atomic E-state index is 11.4. The number of hydrogen-bond donors (Lipinski definition) is 0. The maximum Gasteiger partial charge on any atom is 0.159 e. The summed E-state index contributed by atoms with van der Waals surface area (Å²) in [5.74, 6) is 0.824. The van der Waals surface area contributed by atoms with Gasteiger partial charge in [-0.1, -0.05) is 6.92 Å². The SMILES string of the molecule is CCN(CCC#N)Cc1cc(C(C)=O)ccc1OC. The number of nitriles is 1. The van der Waals surface area contributed by atoms with Crippen molar-refractivity contribution in [3.8, 4) is 11.8 Å². The summed E-state index contributed by atoms with van der Waals surface area (Å²) in [6.07, 6.45) is 0.503. The molecule has 0 N–H and O–H groups in total. The van der Waals surface area contributed by atoms with E-state index in [1.54, 1.807) is 20.1 Å². The van der Waals surface area contributed by atoms with Gasteiger partial charge >= 0.3 is 0 Å². The molecule has 19 heavy (non-hydrogen) atoms. The number of carbonyl (C=O) groups excluding carboxylic acids is 1. The van der Waals surface area contributed by atoms with E-state index < -0.39 is 0 Å². The van der Waals surface area contributed by atoms with Crippen molar-refractivity contribution in [1.82, 2.24) is 4.90 Å². The molecule has 0 unspecified atom stereocenters. The van der Waals surface area contributed by atoms with Gasteiger partial charge in [0, 0.05) is 30.6 Å². The molecule has 0 heterocycles. The van der Waals surface area contributed by atoms with E-state index in [0.717, 1.165) is 24.4 Å². The van der Waals surface area contributed by atoms with E-state index in [2.05, 4.69) is 17.9 Å². The van der Waals surface area contributed by atoms with Crippen LogP contribution < -0.4 is 4.74 Å². The Morgan fingerprint density at radius 3 is 2.74 bits per heavy atom. The minimum atomic E-state index is 0.0453. The van der Waals surface area contributed by atoms with Gasteiger partial charge in [-0.3, -0.25) is 9.69 Å². The van der Waals surface area contributed by atoms with Crippen LogP contribution in [-0.2, 0) is 6.54 Å². The number of ketones is 1. The largest absolute Gasteiger partial charge is 0.496 e. The molecule has 0 aliphatic heterocycles. The topological polar surface area (TPSA) is 53.3 Å². The summed E-state index contributed by atoms with van der Waals surface area (Å²) < 4.78 is 5.33. The fourth-order valence-corrected chi connectivity index (χ4v) is 1.92. The fourth-order valence-electron chi connectivity index (χ4n) is 1.92. The van der Waals surface area contributed by atoms with Crippen LogP contribution in [-0.4, -0.2) is 30.9 Å². The number of Topliss-reactive ketones (excluding diaryl/α,β-unsaturated/α-hetero) is 1. The number of methoxy groups -OCH3 is 1. The number of nitrogens with zero attached hydrogens (tertiary/aromatic N) is 2. The average molecular weight is 260 g/mol. The van der Waals surface area contributed by atoms with E-state index in [9.17, 15) is 4.79 Å². The molecule has 0 bridgehead atoms. The van der Waals surface area contributed by atoms with E-state index in [4.69, 9.17) is 10.00 Å². The molecule has 0 spiro atoms. The Balaban J connectivity index is 2.93. The van der Waals surface area contributed by atoms with Crippen molar-refractivity contribution in [1.29, 1.82) is 5.26 Å². The second-order valence-corrected chi connectivity index (χ2v) is 4.36. The quantitative estimate of drug-likeness (QED) is 0.707. The first-order valence-corrected chi connectivity index (χ1v) is 6.39. The molecule has 1 rings (SSSR count). The van der Waals surface area contributed by atoms with Crippen molar-refractivity contribution in [3.05, 3.63) is 29.3 Å². The van der Waals surface area contributed by atoms with Crippen LogP contribution >= 0.6 is 0 Å². The monoisotopic (exact) mass is 260 g/mol. The molecule has 0 atom stereocenters. The van der Waals surface area contributed by atoms with Crippen LogP contribution in [0.5, 0.6) is 5.75 Å². The molecule has 4 heteroatoms. The molecule has 0 aliphatic carbocycles. The lowest BCUT2D eigenvalue weighted by Crippen LogP contribution is -2.24. The lowest BCUT2D eigenvalue weighted by Gasteiger charge is -2.20. The Morgan fingerprint density at radius 1 is 1.47 bits per heavy atom. The predicted molar refractivity (Wildman–Crippen MR) is 74.2 cm³/mol. The van der Waals surface area contributed by atoms with Crippen molar-refractivity contribution in [3.63, 3.8) is 0 Å². The minimum Gasteiger partial charge on any atom is -0.496 e. The zero-order valence-corrected chi connectivity index (χ0v) is 11.8. The van der Waals surface area contributed by atoms with Gasteiger partial charge < -0.3 is 4.74 Å². The average Bonchev–Trinajstić information content (AvgIpc) is 2.43.